The molecule has 1 atom stereocenters. The van der Waals surface area contributed by atoms with Crippen molar-refractivity contribution >= 4 is 11.3 Å². The molecule has 0 bridgehead atoms. The zero-order valence-electron chi connectivity index (χ0n) is 8.47. The summed E-state index contributed by atoms with van der Waals surface area (Å²) in [6, 6.07) is 0. The first kappa shape index (κ1) is 10.3. The van der Waals surface area contributed by atoms with Crippen molar-refractivity contribution in [3.8, 4) is 10.8 Å². The fourth-order valence-corrected chi connectivity index (χ4v) is 2.23. The molecule has 0 saturated carbocycles. The Hall–Kier alpha value is -1.27. The van der Waals surface area contributed by atoms with Gasteiger partial charge in [0.2, 0.25) is 0 Å². The molecular weight excluding hydrogens is 210 g/mol. The Balaban J connectivity index is 2.24. The van der Waals surface area contributed by atoms with Crippen molar-refractivity contribution in [2.45, 2.75) is 19.3 Å². The summed E-state index contributed by atoms with van der Waals surface area (Å²) in [7, 11) is 0. The standard InChI is InChI=1S/C9H13N5S/c1-2-6(3-10)7-4-15-9(13-7)8-11-5-12-14-8/h4-6H,2-3,10H2,1H3,(H,11,12,14). The molecule has 15 heavy (non-hydrogen) atoms. The van der Waals surface area contributed by atoms with Gasteiger partial charge in [0.25, 0.3) is 0 Å². The van der Waals surface area contributed by atoms with Crippen molar-refractivity contribution < 1.29 is 0 Å². The van der Waals surface area contributed by atoms with Gasteiger partial charge in [-0.25, -0.2) is 9.97 Å². The zero-order valence-corrected chi connectivity index (χ0v) is 9.29. The Bertz CT molecular complexity index is 404. The van der Waals surface area contributed by atoms with Crippen LogP contribution in [0.3, 0.4) is 0 Å². The summed E-state index contributed by atoms with van der Waals surface area (Å²) in [5.41, 5.74) is 6.72. The Morgan fingerprint density at radius 2 is 2.47 bits per heavy atom. The van der Waals surface area contributed by atoms with Crippen LogP contribution in [0.5, 0.6) is 0 Å². The molecule has 0 fully saturated rings. The van der Waals surface area contributed by atoms with E-state index in [-0.39, 0.29) is 0 Å². The van der Waals surface area contributed by atoms with Crippen LogP contribution in [-0.4, -0.2) is 26.7 Å². The number of thiazole rings is 1. The molecule has 0 radical (unpaired) electrons. The molecule has 2 heterocycles. The molecule has 0 aliphatic carbocycles. The van der Waals surface area contributed by atoms with E-state index in [0.29, 0.717) is 12.5 Å². The molecule has 5 nitrogen and oxygen atoms in total. The molecule has 2 aromatic rings. The van der Waals surface area contributed by atoms with Crippen LogP contribution < -0.4 is 5.73 Å². The van der Waals surface area contributed by atoms with Crippen molar-refractivity contribution in [2.75, 3.05) is 6.54 Å². The lowest BCUT2D eigenvalue weighted by atomic mass is 10.0. The first-order valence-corrected chi connectivity index (χ1v) is 5.74. The average Bonchev–Trinajstić information content (AvgIpc) is 2.89. The van der Waals surface area contributed by atoms with Crippen LogP contribution in [0.4, 0.5) is 0 Å². The maximum absolute atomic E-state index is 5.67. The van der Waals surface area contributed by atoms with E-state index >= 15 is 0 Å². The average molecular weight is 223 g/mol. The van der Waals surface area contributed by atoms with Crippen LogP contribution in [0.1, 0.15) is 25.0 Å². The number of aromatic amines is 1. The van der Waals surface area contributed by atoms with E-state index in [1.54, 1.807) is 11.3 Å². The van der Waals surface area contributed by atoms with Gasteiger partial charge in [0.15, 0.2) is 10.8 Å². The van der Waals surface area contributed by atoms with Gasteiger partial charge in [0.05, 0.1) is 5.69 Å². The molecule has 0 spiro atoms. The minimum absolute atomic E-state index is 0.345. The van der Waals surface area contributed by atoms with E-state index < -0.39 is 0 Å². The van der Waals surface area contributed by atoms with Crippen LogP contribution in [0, 0.1) is 0 Å². The van der Waals surface area contributed by atoms with Gasteiger partial charge in [-0.1, -0.05) is 6.92 Å². The number of hydrogen-bond donors (Lipinski definition) is 2. The fraction of sp³-hybridized carbons (Fsp3) is 0.444. The van der Waals surface area contributed by atoms with Gasteiger partial charge in [-0.15, -0.1) is 11.3 Å². The second-order valence-electron chi connectivity index (χ2n) is 3.25. The molecule has 80 valence electrons. The Labute approximate surface area is 91.8 Å². The predicted octanol–water partition coefficient (Wildman–Crippen LogP) is 1.38. The van der Waals surface area contributed by atoms with Crippen LogP contribution >= 0.6 is 11.3 Å². The lowest BCUT2D eigenvalue weighted by Gasteiger charge is -2.07. The van der Waals surface area contributed by atoms with E-state index in [1.165, 1.54) is 6.33 Å². The zero-order chi connectivity index (χ0) is 10.7. The number of hydrogen-bond acceptors (Lipinski definition) is 5. The maximum Gasteiger partial charge on any atom is 0.184 e. The number of nitrogens with zero attached hydrogens (tertiary/aromatic N) is 3. The van der Waals surface area contributed by atoms with E-state index in [4.69, 9.17) is 5.73 Å². The topological polar surface area (TPSA) is 80.5 Å². The van der Waals surface area contributed by atoms with E-state index in [2.05, 4.69) is 27.1 Å². The van der Waals surface area contributed by atoms with Gasteiger partial charge in [-0.3, -0.25) is 5.10 Å². The van der Waals surface area contributed by atoms with Crippen molar-refractivity contribution in [1.82, 2.24) is 20.2 Å². The van der Waals surface area contributed by atoms with Crippen molar-refractivity contribution in [1.29, 1.82) is 0 Å². The van der Waals surface area contributed by atoms with Gasteiger partial charge in [0, 0.05) is 17.8 Å². The number of rotatable bonds is 4. The second-order valence-corrected chi connectivity index (χ2v) is 4.11. The summed E-state index contributed by atoms with van der Waals surface area (Å²) in [4.78, 5) is 8.56. The summed E-state index contributed by atoms with van der Waals surface area (Å²) in [6.45, 7) is 2.75. The quantitative estimate of drug-likeness (QED) is 0.820. The molecule has 6 heteroatoms. The Morgan fingerprint density at radius 3 is 3.07 bits per heavy atom. The van der Waals surface area contributed by atoms with Gasteiger partial charge < -0.3 is 5.73 Å². The van der Waals surface area contributed by atoms with E-state index in [9.17, 15) is 0 Å². The smallest absolute Gasteiger partial charge is 0.184 e. The Morgan fingerprint density at radius 1 is 1.60 bits per heavy atom. The predicted molar refractivity (Wildman–Crippen MR) is 59.6 cm³/mol. The maximum atomic E-state index is 5.67. The summed E-state index contributed by atoms with van der Waals surface area (Å²) >= 11 is 1.57. The van der Waals surface area contributed by atoms with Crippen molar-refractivity contribution in [3.05, 3.63) is 17.4 Å². The van der Waals surface area contributed by atoms with E-state index in [0.717, 1.165) is 22.9 Å². The second kappa shape index (κ2) is 4.50. The minimum Gasteiger partial charge on any atom is -0.330 e. The summed E-state index contributed by atoms with van der Waals surface area (Å²) in [5.74, 6) is 1.07. The lowest BCUT2D eigenvalue weighted by molar-refractivity contribution is 0.659. The summed E-state index contributed by atoms with van der Waals surface area (Å²) < 4.78 is 0. The molecule has 2 aromatic heterocycles. The third kappa shape index (κ3) is 2.05. The van der Waals surface area contributed by atoms with Crippen LogP contribution in [0.25, 0.3) is 10.8 Å². The summed E-state index contributed by atoms with van der Waals surface area (Å²) in [5, 5.41) is 9.51. The first-order valence-electron chi connectivity index (χ1n) is 4.86. The van der Waals surface area contributed by atoms with Crippen molar-refractivity contribution in [2.24, 2.45) is 5.73 Å². The van der Waals surface area contributed by atoms with Crippen molar-refractivity contribution in [3.63, 3.8) is 0 Å². The highest BCUT2D eigenvalue weighted by Gasteiger charge is 2.13. The molecule has 0 aliphatic rings. The first-order chi connectivity index (χ1) is 7.35. The highest BCUT2D eigenvalue weighted by molar-refractivity contribution is 7.13. The van der Waals surface area contributed by atoms with Crippen LogP contribution in [-0.2, 0) is 0 Å². The molecule has 0 amide bonds. The molecule has 2 rings (SSSR count). The van der Waals surface area contributed by atoms with Crippen LogP contribution in [0.15, 0.2) is 11.7 Å². The fourth-order valence-electron chi connectivity index (χ4n) is 1.39. The third-order valence-electron chi connectivity index (χ3n) is 2.34. The largest absolute Gasteiger partial charge is 0.330 e. The van der Waals surface area contributed by atoms with Gasteiger partial charge in [-0.05, 0) is 6.42 Å². The Kier molecular flexibility index (Phi) is 3.08. The minimum atomic E-state index is 0.345. The molecule has 1 unspecified atom stereocenters. The number of nitrogens with two attached hydrogens (primary N) is 1. The normalized spacial score (nSPS) is 12.9. The third-order valence-corrected chi connectivity index (χ3v) is 3.20. The SMILES string of the molecule is CCC(CN)c1csc(-c2ncn[nH]2)n1. The molecule has 3 N–H and O–H groups in total. The molecule has 0 aliphatic heterocycles. The number of aromatic nitrogens is 4. The highest BCUT2D eigenvalue weighted by atomic mass is 32.1. The molecular formula is C9H13N5S. The van der Waals surface area contributed by atoms with E-state index in [1.807, 2.05) is 5.38 Å². The lowest BCUT2D eigenvalue weighted by Crippen LogP contribution is -2.11. The number of nitrogens with one attached hydrogen (secondary N) is 1. The highest BCUT2D eigenvalue weighted by Crippen LogP contribution is 2.25. The summed E-state index contributed by atoms with van der Waals surface area (Å²) in [6.07, 6.45) is 2.49. The monoisotopic (exact) mass is 223 g/mol. The van der Waals surface area contributed by atoms with Gasteiger partial charge in [-0.2, -0.15) is 5.10 Å². The number of H-pyrrole nitrogens is 1. The van der Waals surface area contributed by atoms with Gasteiger partial charge >= 0.3 is 0 Å². The molecule has 0 saturated heterocycles. The molecule has 0 aromatic carbocycles. The van der Waals surface area contributed by atoms with Crippen LogP contribution in [0.2, 0.25) is 0 Å². The van der Waals surface area contributed by atoms with Gasteiger partial charge in [0.1, 0.15) is 6.33 Å².